The maximum atomic E-state index is 12.0. The number of nitrogens with two attached hydrogens (primary N) is 1. The minimum atomic E-state index is -1.29. The standard InChI is InChI=1S/C12H11ClN2O4S/c13-7-1-3-8(4-2-7)14-10-11(18)15(12(19)20-10)6-5-9(16)17/h1-4,10,14H,5-6H2,(H,16,17). The fraction of sp³-hybridized carbons (Fsp3) is 0.250. The van der Waals surface area contributed by atoms with Gasteiger partial charge in [0.1, 0.15) is 5.69 Å². The summed E-state index contributed by atoms with van der Waals surface area (Å²) in [4.78, 5) is 35.0. The molecule has 1 aromatic carbocycles. The number of carboxylic acids is 1. The van der Waals surface area contributed by atoms with Gasteiger partial charge in [-0.2, -0.15) is 0 Å². The number of benzene rings is 1. The van der Waals surface area contributed by atoms with Crippen molar-refractivity contribution in [1.82, 2.24) is 4.90 Å². The Morgan fingerprint density at radius 2 is 2.00 bits per heavy atom. The third-order valence-electron chi connectivity index (χ3n) is 2.71. The van der Waals surface area contributed by atoms with Crippen molar-refractivity contribution in [2.75, 3.05) is 6.54 Å². The molecule has 1 aromatic rings. The van der Waals surface area contributed by atoms with Crippen LogP contribution in [-0.4, -0.2) is 33.9 Å². The van der Waals surface area contributed by atoms with Crippen molar-refractivity contribution in [2.45, 2.75) is 11.8 Å². The summed E-state index contributed by atoms with van der Waals surface area (Å²) in [5.74, 6) is -1.70. The highest BCUT2D eigenvalue weighted by atomic mass is 35.5. The first-order valence-electron chi connectivity index (χ1n) is 5.79. The average molecular weight is 315 g/mol. The number of carboxylic acid groups (broad SMARTS) is 1. The van der Waals surface area contributed by atoms with Crippen molar-refractivity contribution in [3.63, 3.8) is 0 Å². The highest BCUT2D eigenvalue weighted by molar-refractivity contribution is 8.15. The smallest absolute Gasteiger partial charge is 0.300 e. The zero-order valence-corrected chi connectivity index (χ0v) is 11.8. The monoisotopic (exact) mass is 314 g/mol. The van der Waals surface area contributed by atoms with Gasteiger partial charge in [-0.15, -0.1) is 0 Å². The molecule has 1 fully saturated rings. The molecule has 0 bridgehead atoms. The van der Waals surface area contributed by atoms with Gasteiger partial charge < -0.3 is 9.90 Å². The van der Waals surface area contributed by atoms with Gasteiger partial charge in [-0.3, -0.25) is 19.8 Å². The number of rotatable bonds is 5. The van der Waals surface area contributed by atoms with Gasteiger partial charge >= 0.3 is 0 Å². The number of nitrogens with zero attached hydrogens (tertiary/aromatic N) is 1. The first kappa shape index (κ1) is 14.8. The molecule has 0 aliphatic carbocycles. The zero-order valence-electron chi connectivity index (χ0n) is 10.2. The van der Waals surface area contributed by atoms with E-state index in [-0.39, 0.29) is 13.0 Å². The number of thioether (sulfide) groups is 1. The molecule has 20 heavy (non-hydrogen) atoms. The number of carbonyl (C=O) groups is 3. The molecule has 6 nitrogen and oxygen atoms in total. The van der Waals surface area contributed by atoms with Crippen LogP contribution >= 0.6 is 23.4 Å². The molecule has 2 N–H and O–H groups in total. The van der Waals surface area contributed by atoms with Crippen LogP contribution in [0.25, 0.3) is 0 Å². The molecule has 106 valence electrons. The van der Waals surface area contributed by atoms with Crippen LogP contribution in [0.15, 0.2) is 24.3 Å². The highest BCUT2D eigenvalue weighted by Gasteiger charge is 2.42. The van der Waals surface area contributed by atoms with Gasteiger partial charge in [0.15, 0.2) is 0 Å². The molecule has 1 aliphatic heterocycles. The van der Waals surface area contributed by atoms with Crippen molar-refractivity contribution in [1.29, 1.82) is 0 Å². The second-order valence-electron chi connectivity index (χ2n) is 4.13. The summed E-state index contributed by atoms with van der Waals surface area (Å²) >= 11 is 6.63. The first-order valence-corrected chi connectivity index (χ1v) is 7.05. The van der Waals surface area contributed by atoms with E-state index in [1.165, 1.54) is 0 Å². The lowest BCUT2D eigenvalue weighted by molar-refractivity contribution is -0.573. The lowest BCUT2D eigenvalue weighted by atomic mass is 10.3. The Morgan fingerprint density at radius 3 is 2.60 bits per heavy atom. The molecule has 2 amide bonds. The normalized spacial score (nSPS) is 18.6. The van der Waals surface area contributed by atoms with E-state index in [0.717, 1.165) is 22.3 Å². The Kier molecular flexibility index (Phi) is 4.64. The van der Waals surface area contributed by atoms with E-state index in [1.807, 2.05) is 0 Å². The molecule has 0 aromatic heterocycles. The zero-order chi connectivity index (χ0) is 14.7. The molecule has 1 atom stereocenters. The van der Waals surface area contributed by atoms with E-state index in [9.17, 15) is 19.5 Å². The Labute approximate surface area is 124 Å². The minimum absolute atomic E-state index is 0.155. The summed E-state index contributed by atoms with van der Waals surface area (Å²) < 4.78 is 0. The summed E-state index contributed by atoms with van der Waals surface area (Å²) in [6, 6.07) is 6.86. The Hall–Kier alpha value is -1.57. The molecular weight excluding hydrogens is 304 g/mol. The Morgan fingerprint density at radius 1 is 1.35 bits per heavy atom. The van der Waals surface area contributed by atoms with Gasteiger partial charge in [0.05, 0.1) is 0 Å². The van der Waals surface area contributed by atoms with Crippen molar-refractivity contribution < 1.29 is 24.8 Å². The van der Waals surface area contributed by atoms with Crippen molar-refractivity contribution >= 4 is 46.2 Å². The Bertz CT molecular complexity index is 549. The minimum Gasteiger partial charge on any atom is -0.550 e. The topological polar surface area (TPSA) is 94.1 Å². The molecule has 1 aliphatic rings. The number of amides is 2. The fourth-order valence-electron chi connectivity index (χ4n) is 1.72. The van der Waals surface area contributed by atoms with Crippen LogP contribution in [0, 0.1) is 0 Å². The van der Waals surface area contributed by atoms with Crippen molar-refractivity contribution in [3.05, 3.63) is 29.3 Å². The number of hydrogen-bond acceptors (Lipinski definition) is 5. The third kappa shape index (κ3) is 3.50. The molecule has 1 heterocycles. The molecule has 1 unspecified atom stereocenters. The number of imide groups is 1. The number of quaternary nitrogens is 1. The quantitative estimate of drug-likeness (QED) is 0.753. The molecule has 0 saturated carbocycles. The highest BCUT2D eigenvalue weighted by Crippen LogP contribution is 2.23. The van der Waals surface area contributed by atoms with Crippen molar-refractivity contribution in [2.24, 2.45) is 0 Å². The summed E-state index contributed by atoms with van der Waals surface area (Å²) in [5.41, 5.74) is 0.773. The van der Waals surface area contributed by atoms with E-state index >= 15 is 0 Å². The molecular formula is C12H11ClN2O4S. The van der Waals surface area contributed by atoms with Gasteiger partial charge in [0.25, 0.3) is 11.1 Å². The lowest BCUT2D eigenvalue weighted by Crippen LogP contribution is -2.85. The lowest BCUT2D eigenvalue weighted by Gasteiger charge is -2.12. The van der Waals surface area contributed by atoms with Crippen LogP contribution in [0.5, 0.6) is 0 Å². The number of hydrogen-bond donors (Lipinski definition) is 1. The summed E-state index contributed by atoms with van der Waals surface area (Å²) in [6.07, 6.45) is -0.355. The maximum Gasteiger partial charge on any atom is 0.300 e. The van der Waals surface area contributed by atoms with Crippen LogP contribution in [-0.2, 0) is 9.59 Å². The molecule has 1 saturated heterocycles. The predicted molar refractivity (Wildman–Crippen MR) is 71.1 cm³/mol. The molecule has 8 heteroatoms. The second kappa shape index (κ2) is 6.25. The van der Waals surface area contributed by atoms with E-state index in [0.29, 0.717) is 5.02 Å². The van der Waals surface area contributed by atoms with E-state index in [4.69, 9.17) is 11.6 Å². The third-order valence-corrected chi connectivity index (χ3v) is 3.98. The first-order chi connectivity index (χ1) is 9.47. The van der Waals surface area contributed by atoms with Gasteiger partial charge in [0.2, 0.25) is 5.37 Å². The SMILES string of the molecule is O=C([O-])CCN1C(=O)SC([NH2+]c2ccc(Cl)cc2)C1=O. The molecule has 0 radical (unpaired) electrons. The summed E-state index contributed by atoms with van der Waals surface area (Å²) in [5, 5.41) is 11.5. The van der Waals surface area contributed by atoms with E-state index < -0.39 is 22.5 Å². The average Bonchev–Trinajstić information content (AvgIpc) is 2.65. The van der Waals surface area contributed by atoms with Crippen LogP contribution < -0.4 is 10.4 Å². The van der Waals surface area contributed by atoms with Gasteiger partial charge in [-0.05, 0) is 12.1 Å². The van der Waals surface area contributed by atoms with Crippen molar-refractivity contribution in [3.8, 4) is 0 Å². The fourth-order valence-corrected chi connectivity index (χ4v) is 2.83. The number of halogens is 1. The Balaban J connectivity index is 2.00. The molecule has 0 spiro atoms. The van der Waals surface area contributed by atoms with Crippen LogP contribution in [0.4, 0.5) is 10.5 Å². The van der Waals surface area contributed by atoms with Crippen LogP contribution in [0.3, 0.4) is 0 Å². The number of carbonyl (C=O) groups excluding carboxylic acids is 3. The summed E-state index contributed by atoms with van der Waals surface area (Å²) in [7, 11) is 0. The molecule has 2 rings (SSSR count). The van der Waals surface area contributed by atoms with Crippen LogP contribution in [0.1, 0.15) is 6.42 Å². The summed E-state index contributed by atoms with van der Waals surface area (Å²) in [6.45, 7) is -0.155. The number of aliphatic carboxylic acids is 1. The van der Waals surface area contributed by atoms with Gasteiger partial charge in [-0.25, -0.2) is 0 Å². The van der Waals surface area contributed by atoms with Gasteiger partial charge in [0, 0.05) is 47.9 Å². The maximum absolute atomic E-state index is 12.0. The second-order valence-corrected chi connectivity index (χ2v) is 5.66. The predicted octanol–water partition coefficient (Wildman–Crippen LogP) is -0.304. The van der Waals surface area contributed by atoms with E-state index in [1.54, 1.807) is 29.6 Å². The van der Waals surface area contributed by atoms with Crippen LogP contribution in [0.2, 0.25) is 5.02 Å². The van der Waals surface area contributed by atoms with Gasteiger partial charge in [-0.1, -0.05) is 11.6 Å². The van der Waals surface area contributed by atoms with E-state index in [2.05, 4.69) is 0 Å². The largest absolute Gasteiger partial charge is 0.550 e.